The summed E-state index contributed by atoms with van der Waals surface area (Å²) in [6.45, 7) is 5.86. The average Bonchev–Trinajstić information content (AvgIpc) is 2.05. The summed E-state index contributed by atoms with van der Waals surface area (Å²) in [4.78, 5) is 2.34. The van der Waals surface area contributed by atoms with Crippen LogP contribution in [-0.4, -0.2) is 30.2 Å². The number of halogens is 1. The molecule has 2 heteroatoms. The molecule has 2 rings (SSSR count). The van der Waals surface area contributed by atoms with E-state index in [1.807, 2.05) is 13.8 Å². The molecule has 1 saturated carbocycles. The zero-order chi connectivity index (χ0) is 9.68. The summed E-state index contributed by atoms with van der Waals surface area (Å²) in [7, 11) is 0. The van der Waals surface area contributed by atoms with Crippen molar-refractivity contribution in [2.45, 2.75) is 58.2 Å². The van der Waals surface area contributed by atoms with Gasteiger partial charge in [0.15, 0.2) is 0 Å². The van der Waals surface area contributed by atoms with E-state index >= 15 is 0 Å². The van der Waals surface area contributed by atoms with Crippen LogP contribution in [0.25, 0.3) is 0 Å². The third kappa shape index (κ3) is 2.94. The van der Waals surface area contributed by atoms with Crippen molar-refractivity contribution in [1.29, 1.82) is 0 Å². The van der Waals surface area contributed by atoms with Crippen molar-refractivity contribution >= 4 is 0 Å². The largest absolute Gasteiger partial charge is 0.298 e. The molecule has 0 N–H and O–H groups in total. The van der Waals surface area contributed by atoms with E-state index in [-0.39, 0.29) is 0 Å². The Labute approximate surface area is 81.3 Å². The van der Waals surface area contributed by atoms with E-state index in [0.29, 0.717) is 6.54 Å². The first-order valence-electron chi connectivity index (χ1n) is 5.74. The van der Waals surface area contributed by atoms with Crippen LogP contribution in [0.4, 0.5) is 4.39 Å². The maximum absolute atomic E-state index is 12.9. The van der Waals surface area contributed by atoms with E-state index in [1.54, 1.807) is 0 Å². The van der Waals surface area contributed by atoms with Crippen LogP contribution in [-0.2, 0) is 0 Å². The summed E-state index contributed by atoms with van der Waals surface area (Å²) in [5, 5.41) is 0. The number of piperidine rings is 1. The first-order chi connectivity index (χ1) is 6.36. The van der Waals surface area contributed by atoms with Crippen LogP contribution < -0.4 is 0 Å². The van der Waals surface area contributed by atoms with Crippen molar-refractivity contribution in [3.8, 4) is 0 Å². The molecular formula is C11H22FN. The maximum Gasteiger partial charge on any atom is 0.113 e. The molecule has 1 atom stereocenters. The Bertz CT molecular complexity index is 134. The van der Waals surface area contributed by atoms with Gasteiger partial charge in [0.1, 0.15) is 6.17 Å². The van der Waals surface area contributed by atoms with E-state index in [2.05, 4.69) is 4.90 Å². The van der Waals surface area contributed by atoms with Gasteiger partial charge in [0, 0.05) is 12.6 Å². The minimum Gasteiger partial charge on any atom is -0.298 e. The van der Waals surface area contributed by atoms with Gasteiger partial charge >= 0.3 is 0 Å². The summed E-state index contributed by atoms with van der Waals surface area (Å²) in [5.74, 6) is 0. The van der Waals surface area contributed by atoms with Crippen LogP contribution in [0, 0.1) is 0 Å². The Balaban J connectivity index is 0.000000396. The van der Waals surface area contributed by atoms with Crippen LogP contribution in [0.5, 0.6) is 0 Å². The molecule has 13 heavy (non-hydrogen) atoms. The molecule has 0 spiro atoms. The summed E-state index contributed by atoms with van der Waals surface area (Å²) in [5.41, 5.74) is 0. The van der Waals surface area contributed by atoms with Gasteiger partial charge in [-0.15, -0.1) is 0 Å². The fourth-order valence-corrected chi connectivity index (χ4v) is 2.04. The highest BCUT2D eigenvalue weighted by Crippen LogP contribution is 2.27. The van der Waals surface area contributed by atoms with Gasteiger partial charge in [-0.1, -0.05) is 20.3 Å². The second-order valence-corrected chi connectivity index (χ2v) is 3.82. The first-order valence-corrected chi connectivity index (χ1v) is 5.74. The molecule has 1 aliphatic heterocycles. The molecule has 1 saturated heterocycles. The van der Waals surface area contributed by atoms with Gasteiger partial charge in [0.2, 0.25) is 0 Å². The van der Waals surface area contributed by atoms with Crippen molar-refractivity contribution in [2.24, 2.45) is 0 Å². The van der Waals surface area contributed by atoms with E-state index in [1.165, 1.54) is 19.3 Å². The van der Waals surface area contributed by atoms with Crippen molar-refractivity contribution in [3.05, 3.63) is 0 Å². The fourth-order valence-electron chi connectivity index (χ4n) is 2.04. The molecule has 0 aromatic heterocycles. The number of nitrogens with zero attached hydrogens (tertiary/aromatic N) is 1. The number of hydrogen-bond acceptors (Lipinski definition) is 1. The molecule has 2 fully saturated rings. The molecule has 1 aliphatic carbocycles. The molecule has 0 amide bonds. The topological polar surface area (TPSA) is 3.24 Å². The lowest BCUT2D eigenvalue weighted by Crippen LogP contribution is -2.46. The Morgan fingerprint density at radius 1 is 1.08 bits per heavy atom. The van der Waals surface area contributed by atoms with Gasteiger partial charge in [-0.25, -0.2) is 4.39 Å². The van der Waals surface area contributed by atoms with Gasteiger partial charge in [-0.05, 0) is 32.2 Å². The SMILES string of the molecule is CC.FC1CCCN(C2CCC2)C1. The maximum atomic E-state index is 12.9. The Morgan fingerprint density at radius 2 is 1.77 bits per heavy atom. The van der Waals surface area contributed by atoms with Crippen molar-refractivity contribution in [2.75, 3.05) is 13.1 Å². The summed E-state index contributed by atoms with van der Waals surface area (Å²) in [6.07, 6.45) is 5.31. The predicted molar refractivity (Wildman–Crippen MR) is 54.7 cm³/mol. The smallest absolute Gasteiger partial charge is 0.113 e. The van der Waals surface area contributed by atoms with Crippen molar-refractivity contribution in [3.63, 3.8) is 0 Å². The number of rotatable bonds is 1. The van der Waals surface area contributed by atoms with Crippen LogP contribution in [0.15, 0.2) is 0 Å². The molecule has 0 aromatic carbocycles. The summed E-state index contributed by atoms with van der Waals surface area (Å²) < 4.78 is 12.9. The second kappa shape index (κ2) is 5.58. The van der Waals surface area contributed by atoms with Crippen LogP contribution in [0.3, 0.4) is 0 Å². The Hall–Kier alpha value is -0.110. The standard InChI is InChI=1S/C9H16FN.C2H6/c10-8-3-2-6-11(7-8)9-4-1-5-9;1-2/h8-9H,1-7H2;1-2H3. The molecule has 0 aromatic rings. The van der Waals surface area contributed by atoms with Crippen LogP contribution >= 0.6 is 0 Å². The zero-order valence-corrected chi connectivity index (χ0v) is 8.93. The highest BCUT2D eigenvalue weighted by molar-refractivity contribution is 4.84. The molecule has 1 heterocycles. The molecular weight excluding hydrogens is 165 g/mol. The van der Waals surface area contributed by atoms with Gasteiger partial charge in [0.05, 0.1) is 0 Å². The van der Waals surface area contributed by atoms with Crippen LogP contribution in [0.1, 0.15) is 46.0 Å². The molecule has 1 unspecified atom stereocenters. The predicted octanol–water partition coefficient (Wildman–Crippen LogP) is 3.00. The minimum atomic E-state index is -0.538. The first kappa shape index (κ1) is 11.0. The van der Waals surface area contributed by atoms with E-state index in [0.717, 1.165) is 25.4 Å². The molecule has 0 bridgehead atoms. The summed E-state index contributed by atoms with van der Waals surface area (Å²) >= 11 is 0. The Kier molecular flexibility index (Phi) is 4.71. The summed E-state index contributed by atoms with van der Waals surface area (Å²) in [6, 6.07) is 0.744. The monoisotopic (exact) mass is 187 g/mol. The van der Waals surface area contributed by atoms with Crippen molar-refractivity contribution < 1.29 is 4.39 Å². The zero-order valence-electron chi connectivity index (χ0n) is 8.93. The third-order valence-electron chi connectivity index (χ3n) is 2.99. The van der Waals surface area contributed by atoms with E-state index in [9.17, 15) is 4.39 Å². The Morgan fingerprint density at radius 3 is 2.23 bits per heavy atom. The molecule has 0 radical (unpaired) electrons. The molecule has 1 nitrogen and oxygen atoms in total. The lowest BCUT2D eigenvalue weighted by atomic mass is 9.90. The molecule has 78 valence electrons. The normalized spacial score (nSPS) is 30.2. The van der Waals surface area contributed by atoms with Gasteiger partial charge in [0.25, 0.3) is 0 Å². The highest BCUT2D eigenvalue weighted by Gasteiger charge is 2.28. The number of hydrogen-bond donors (Lipinski definition) is 0. The molecule has 2 aliphatic rings. The second-order valence-electron chi connectivity index (χ2n) is 3.82. The average molecular weight is 187 g/mol. The third-order valence-corrected chi connectivity index (χ3v) is 2.99. The lowest BCUT2D eigenvalue weighted by molar-refractivity contribution is 0.0620. The minimum absolute atomic E-state index is 0.538. The highest BCUT2D eigenvalue weighted by atomic mass is 19.1. The fraction of sp³-hybridized carbons (Fsp3) is 1.00. The number of alkyl halides is 1. The van der Waals surface area contributed by atoms with E-state index in [4.69, 9.17) is 0 Å². The van der Waals surface area contributed by atoms with Crippen molar-refractivity contribution in [1.82, 2.24) is 4.90 Å². The van der Waals surface area contributed by atoms with E-state index < -0.39 is 6.17 Å². The van der Waals surface area contributed by atoms with Crippen LogP contribution in [0.2, 0.25) is 0 Å². The van der Waals surface area contributed by atoms with Gasteiger partial charge in [-0.2, -0.15) is 0 Å². The number of likely N-dealkylation sites (tertiary alicyclic amines) is 1. The quantitative estimate of drug-likeness (QED) is 0.610. The van der Waals surface area contributed by atoms with Gasteiger partial charge < -0.3 is 0 Å². The van der Waals surface area contributed by atoms with Gasteiger partial charge in [-0.3, -0.25) is 4.90 Å². The lowest BCUT2D eigenvalue weighted by Gasteiger charge is -2.40.